The molecule has 0 radical (unpaired) electrons. The van der Waals surface area contributed by atoms with Gasteiger partial charge in [0.2, 0.25) is 0 Å². The molecule has 0 aromatic heterocycles. The van der Waals surface area contributed by atoms with Crippen molar-refractivity contribution >= 4 is 5.78 Å². The van der Waals surface area contributed by atoms with Gasteiger partial charge < -0.3 is 9.96 Å². The number of rotatable bonds is 7. The van der Waals surface area contributed by atoms with Crippen LogP contribution in [0.25, 0.3) is 0 Å². The van der Waals surface area contributed by atoms with Gasteiger partial charge in [-0.3, -0.25) is 4.79 Å². The zero-order chi connectivity index (χ0) is 12.7. The Labute approximate surface area is 110 Å². The first-order valence-electron chi connectivity index (χ1n) is 6.05. The third-order valence-corrected chi connectivity index (χ3v) is 2.87. The molecule has 0 aliphatic heterocycles. The lowest BCUT2D eigenvalue weighted by atomic mass is 10.1. The van der Waals surface area contributed by atoms with Gasteiger partial charge in [-0.05, 0) is 6.08 Å². The van der Waals surface area contributed by atoms with Gasteiger partial charge >= 0.3 is 0 Å². The summed E-state index contributed by atoms with van der Waals surface area (Å²) in [6, 6.07) is 10.5. The lowest BCUT2D eigenvalue weighted by molar-refractivity contribution is -0.903. The minimum Gasteiger partial charge on any atom is -0.870 e. The second kappa shape index (κ2) is 7.80. The molecule has 0 saturated heterocycles. The maximum Gasteiger partial charge on any atom is 0.155 e. The van der Waals surface area contributed by atoms with Crippen LogP contribution in [0.5, 0.6) is 0 Å². The van der Waals surface area contributed by atoms with Gasteiger partial charge in [-0.1, -0.05) is 36.9 Å². The van der Waals surface area contributed by atoms with Gasteiger partial charge in [0.1, 0.15) is 6.54 Å². The fraction of sp³-hybridized carbons (Fsp3) is 0.400. The summed E-state index contributed by atoms with van der Waals surface area (Å²) in [4.78, 5) is 11.1. The third-order valence-electron chi connectivity index (χ3n) is 2.87. The number of quaternary nitrogens is 1. The Hall–Kier alpha value is -1.45. The van der Waals surface area contributed by atoms with E-state index in [1.165, 1.54) is 11.6 Å². The van der Waals surface area contributed by atoms with Crippen LogP contribution in [0, 0.1) is 0 Å². The van der Waals surface area contributed by atoms with Crippen LogP contribution < -0.4 is 0 Å². The molecule has 1 aromatic carbocycles. The van der Waals surface area contributed by atoms with E-state index in [1.54, 1.807) is 0 Å². The molecule has 0 fully saturated rings. The molecule has 1 N–H and O–H groups in total. The summed E-state index contributed by atoms with van der Waals surface area (Å²) in [7, 11) is 4.40. The molecule has 100 valence electrons. The molecule has 0 saturated carbocycles. The molecule has 0 aliphatic carbocycles. The predicted molar refractivity (Wildman–Crippen MR) is 73.5 cm³/mol. The summed E-state index contributed by atoms with van der Waals surface area (Å²) in [5.74, 6) is 0.143. The summed E-state index contributed by atoms with van der Waals surface area (Å²) in [6.07, 6.45) is 2.95. The molecule has 0 spiro atoms. The van der Waals surface area contributed by atoms with Gasteiger partial charge in [-0.25, -0.2) is 0 Å². The quantitative estimate of drug-likeness (QED) is 0.551. The first-order chi connectivity index (χ1) is 8.03. The van der Waals surface area contributed by atoms with E-state index < -0.39 is 0 Å². The lowest BCUT2D eigenvalue weighted by Gasteiger charge is -2.29. The molecule has 1 aromatic rings. The van der Waals surface area contributed by atoms with Crippen molar-refractivity contribution in [2.24, 2.45) is 0 Å². The number of ketones is 1. The maximum absolute atomic E-state index is 11.1. The highest BCUT2D eigenvalue weighted by Crippen LogP contribution is 2.10. The van der Waals surface area contributed by atoms with Crippen LogP contribution in [0.4, 0.5) is 0 Å². The van der Waals surface area contributed by atoms with Crippen LogP contribution in [-0.2, 0) is 11.3 Å². The Balaban J connectivity index is 0.00000289. The Kier molecular flexibility index (Phi) is 7.17. The van der Waals surface area contributed by atoms with Crippen LogP contribution >= 0.6 is 0 Å². The van der Waals surface area contributed by atoms with Crippen molar-refractivity contribution in [3.63, 3.8) is 0 Å². The second-order valence-corrected chi connectivity index (χ2v) is 5.08. The number of carbonyl (C=O) groups excluding carboxylic acids is 1. The van der Waals surface area contributed by atoms with E-state index >= 15 is 0 Å². The van der Waals surface area contributed by atoms with Crippen LogP contribution in [-0.4, -0.2) is 36.4 Å². The van der Waals surface area contributed by atoms with Crippen molar-refractivity contribution in [3.05, 3.63) is 48.6 Å². The SMILES string of the molecule is C=CC(=O)CCC[N+](C)(C)Cc1ccccc1.[OH-]. The zero-order valence-electron chi connectivity index (χ0n) is 11.3. The second-order valence-electron chi connectivity index (χ2n) is 5.08. The van der Waals surface area contributed by atoms with Crippen molar-refractivity contribution < 1.29 is 14.8 Å². The van der Waals surface area contributed by atoms with Crippen LogP contribution in [0.2, 0.25) is 0 Å². The van der Waals surface area contributed by atoms with Crippen LogP contribution in [0.1, 0.15) is 18.4 Å². The van der Waals surface area contributed by atoms with Gasteiger partial charge in [0.05, 0.1) is 20.6 Å². The van der Waals surface area contributed by atoms with E-state index in [0.29, 0.717) is 6.42 Å². The van der Waals surface area contributed by atoms with Crippen molar-refractivity contribution in [3.8, 4) is 0 Å². The molecule has 0 amide bonds. The normalized spacial score (nSPS) is 10.6. The molecule has 0 bridgehead atoms. The highest BCUT2D eigenvalue weighted by atomic mass is 16.1. The average Bonchev–Trinajstić information content (AvgIpc) is 2.29. The van der Waals surface area contributed by atoms with Crippen molar-refractivity contribution in [1.82, 2.24) is 0 Å². The fourth-order valence-corrected chi connectivity index (χ4v) is 1.94. The smallest absolute Gasteiger partial charge is 0.155 e. The number of hydrogen-bond acceptors (Lipinski definition) is 2. The highest BCUT2D eigenvalue weighted by Gasteiger charge is 2.15. The van der Waals surface area contributed by atoms with E-state index in [0.717, 1.165) is 24.0 Å². The molecule has 3 heteroatoms. The summed E-state index contributed by atoms with van der Waals surface area (Å²) in [5, 5.41) is 0. The summed E-state index contributed by atoms with van der Waals surface area (Å²) in [6.45, 7) is 5.50. The molecule has 0 atom stereocenters. The van der Waals surface area contributed by atoms with E-state index in [4.69, 9.17) is 0 Å². The standard InChI is InChI=1S/C15H22NO.H2O/c1-4-15(17)11-8-12-16(2,3)13-14-9-6-5-7-10-14;/h4-7,9-10H,1,8,11-13H2,2-3H3;1H2/q+1;/p-1. The minimum atomic E-state index is 0. The summed E-state index contributed by atoms with van der Waals surface area (Å²) in [5.41, 5.74) is 1.34. The van der Waals surface area contributed by atoms with Crippen LogP contribution in [0.15, 0.2) is 43.0 Å². The van der Waals surface area contributed by atoms with Gasteiger partial charge in [-0.15, -0.1) is 0 Å². The van der Waals surface area contributed by atoms with Crippen LogP contribution in [0.3, 0.4) is 0 Å². The molecule has 0 heterocycles. The van der Waals surface area contributed by atoms with Crippen molar-refractivity contribution in [2.75, 3.05) is 20.6 Å². The van der Waals surface area contributed by atoms with Gasteiger partial charge in [0.25, 0.3) is 0 Å². The van der Waals surface area contributed by atoms with E-state index in [9.17, 15) is 4.79 Å². The van der Waals surface area contributed by atoms with E-state index in [-0.39, 0.29) is 11.3 Å². The fourth-order valence-electron chi connectivity index (χ4n) is 1.94. The maximum atomic E-state index is 11.1. The van der Waals surface area contributed by atoms with Crippen molar-refractivity contribution in [2.45, 2.75) is 19.4 Å². The number of carbonyl (C=O) groups is 1. The highest BCUT2D eigenvalue weighted by molar-refractivity contribution is 5.88. The summed E-state index contributed by atoms with van der Waals surface area (Å²) < 4.78 is 0.911. The minimum absolute atomic E-state index is 0. The largest absolute Gasteiger partial charge is 0.870 e. The average molecular weight is 249 g/mol. The van der Waals surface area contributed by atoms with Gasteiger partial charge in [0, 0.05) is 18.4 Å². The number of nitrogens with zero attached hydrogens (tertiary/aromatic N) is 1. The first-order valence-corrected chi connectivity index (χ1v) is 6.05. The molecule has 1 rings (SSSR count). The third kappa shape index (κ3) is 6.33. The molecular weight excluding hydrogens is 226 g/mol. The monoisotopic (exact) mass is 249 g/mol. The number of hydrogen-bond donors (Lipinski definition) is 0. The number of allylic oxidation sites excluding steroid dienone is 1. The molecule has 18 heavy (non-hydrogen) atoms. The molecule has 0 unspecified atom stereocenters. The Morgan fingerprint density at radius 1 is 1.28 bits per heavy atom. The predicted octanol–water partition coefficient (Wildman–Crippen LogP) is 2.62. The lowest BCUT2D eigenvalue weighted by Crippen LogP contribution is -2.39. The van der Waals surface area contributed by atoms with Crippen molar-refractivity contribution in [1.29, 1.82) is 0 Å². The Morgan fingerprint density at radius 3 is 2.44 bits per heavy atom. The van der Waals surface area contributed by atoms with E-state index in [2.05, 4.69) is 44.9 Å². The molecular formula is C15H23NO2. The Bertz CT molecular complexity index is 371. The summed E-state index contributed by atoms with van der Waals surface area (Å²) >= 11 is 0. The molecule has 3 nitrogen and oxygen atoms in total. The Morgan fingerprint density at radius 2 is 1.89 bits per heavy atom. The van der Waals surface area contributed by atoms with E-state index in [1.807, 2.05) is 6.07 Å². The molecule has 0 aliphatic rings. The van der Waals surface area contributed by atoms with Gasteiger partial charge in [-0.2, -0.15) is 0 Å². The topological polar surface area (TPSA) is 47.1 Å². The van der Waals surface area contributed by atoms with Gasteiger partial charge in [0.15, 0.2) is 5.78 Å². The first kappa shape index (κ1) is 16.6. The number of benzene rings is 1. The zero-order valence-corrected chi connectivity index (χ0v) is 11.3.